The third kappa shape index (κ3) is 4.64. The summed E-state index contributed by atoms with van der Waals surface area (Å²) in [6.45, 7) is 1.49. The SMILES string of the molecule is O=C(O)CC(c1ccncc1)n1ncc2cc(OCCc3ccc4c(n3)NCCC4)ccc21. The van der Waals surface area contributed by atoms with Crippen LogP contribution in [-0.4, -0.2) is 44.0 Å². The fourth-order valence-corrected chi connectivity index (χ4v) is 4.25. The highest BCUT2D eigenvalue weighted by atomic mass is 16.5. The summed E-state index contributed by atoms with van der Waals surface area (Å²) in [7, 11) is 0. The molecule has 1 atom stereocenters. The lowest BCUT2D eigenvalue weighted by atomic mass is 10.1. The Hall–Kier alpha value is -3.94. The van der Waals surface area contributed by atoms with Gasteiger partial charge in [-0.3, -0.25) is 14.5 Å². The van der Waals surface area contributed by atoms with Crippen molar-refractivity contribution in [2.75, 3.05) is 18.5 Å². The number of fused-ring (bicyclic) bond motifs is 2. The summed E-state index contributed by atoms with van der Waals surface area (Å²) < 4.78 is 7.74. The maximum absolute atomic E-state index is 11.5. The maximum atomic E-state index is 11.5. The number of pyridine rings is 2. The first kappa shape index (κ1) is 20.9. The van der Waals surface area contributed by atoms with Gasteiger partial charge in [-0.15, -0.1) is 0 Å². The molecule has 1 aliphatic heterocycles. The molecule has 2 N–H and O–H groups in total. The smallest absolute Gasteiger partial charge is 0.305 e. The largest absolute Gasteiger partial charge is 0.493 e. The molecule has 0 aliphatic carbocycles. The number of carbonyl (C=O) groups is 1. The van der Waals surface area contributed by atoms with Gasteiger partial charge in [-0.25, -0.2) is 4.98 Å². The van der Waals surface area contributed by atoms with Crippen molar-refractivity contribution >= 4 is 22.7 Å². The molecule has 1 unspecified atom stereocenters. The minimum Gasteiger partial charge on any atom is -0.493 e. The van der Waals surface area contributed by atoms with Crippen LogP contribution >= 0.6 is 0 Å². The molecule has 4 heterocycles. The van der Waals surface area contributed by atoms with Crippen LogP contribution in [0.5, 0.6) is 5.75 Å². The Morgan fingerprint density at radius 2 is 2.06 bits per heavy atom. The summed E-state index contributed by atoms with van der Waals surface area (Å²) >= 11 is 0. The third-order valence-corrected chi connectivity index (χ3v) is 5.90. The molecule has 1 aromatic carbocycles. The normalized spacial score (nSPS) is 13.8. The highest BCUT2D eigenvalue weighted by Gasteiger charge is 2.20. The summed E-state index contributed by atoms with van der Waals surface area (Å²) in [5, 5.41) is 18.2. The highest BCUT2D eigenvalue weighted by Crippen LogP contribution is 2.28. The van der Waals surface area contributed by atoms with Gasteiger partial charge in [-0.1, -0.05) is 6.07 Å². The van der Waals surface area contributed by atoms with Crippen LogP contribution in [0.3, 0.4) is 0 Å². The third-order valence-electron chi connectivity index (χ3n) is 5.90. The quantitative estimate of drug-likeness (QED) is 0.426. The zero-order valence-corrected chi connectivity index (χ0v) is 18.1. The number of hydrogen-bond acceptors (Lipinski definition) is 6. The number of aliphatic carboxylic acids is 1. The monoisotopic (exact) mass is 443 g/mol. The predicted octanol–water partition coefficient (Wildman–Crippen LogP) is 3.87. The van der Waals surface area contributed by atoms with E-state index in [0.29, 0.717) is 6.61 Å². The van der Waals surface area contributed by atoms with Crippen molar-refractivity contribution in [3.8, 4) is 5.75 Å². The number of anilines is 1. The Kier molecular flexibility index (Phi) is 5.89. The zero-order chi connectivity index (χ0) is 22.6. The second-order valence-corrected chi connectivity index (χ2v) is 8.14. The number of carboxylic acids is 1. The molecule has 3 aromatic heterocycles. The van der Waals surface area contributed by atoms with E-state index in [2.05, 4.69) is 27.5 Å². The van der Waals surface area contributed by atoms with Crippen molar-refractivity contribution in [1.29, 1.82) is 0 Å². The van der Waals surface area contributed by atoms with E-state index in [-0.39, 0.29) is 6.42 Å². The van der Waals surface area contributed by atoms with Crippen LogP contribution in [0.4, 0.5) is 5.82 Å². The number of ether oxygens (including phenoxy) is 1. The zero-order valence-electron chi connectivity index (χ0n) is 18.1. The van der Waals surface area contributed by atoms with Crippen molar-refractivity contribution in [3.63, 3.8) is 0 Å². The first-order valence-corrected chi connectivity index (χ1v) is 11.1. The van der Waals surface area contributed by atoms with Crippen molar-refractivity contribution in [2.45, 2.75) is 31.7 Å². The molecule has 168 valence electrons. The number of rotatable bonds is 8. The molecule has 0 spiro atoms. The number of aryl methyl sites for hydroxylation is 1. The average Bonchev–Trinajstić information content (AvgIpc) is 3.26. The molecule has 0 saturated heterocycles. The fourth-order valence-electron chi connectivity index (χ4n) is 4.25. The van der Waals surface area contributed by atoms with Gasteiger partial charge >= 0.3 is 5.97 Å². The van der Waals surface area contributed by atoms with Crippen LogP contribution in [0.15, 0.2) is 61.1 Å². The summed E-state index contributed by atoms with van der Waals surface area (Å²) in [6.07, 6.45) is 7.94. The van der Waals surface area contributed by atoms with E-state index in [4.69, 9.17) is 9.72 Å². The van der Waals surface area contributed by atoms with Crippen LogP contribution in [0, 0.1) is 0 Å². The second-order valence-electron chi connectivity index (χ2n) is 8.14. The molecule has 33 heavy (non-hydrogen) atoms. The summed E-state index contributed by atoms with van der Waals surface area (Å²) in [5.41, 5.74) is 3.99. The van der Waals surface area contributed by atoms with E-state index >= 15 is 0 Å². The first-order valence-electron chi connectivity index (χ1n) is 11.1. The number of benzene rings is 1. The molecule has 8 heteroatoms. The molecule has 8 nitrogen and oxygen atoms in total. The Labute approximate surface area is 191 Å². The molecule has 0 amide bonds. The summed E-state index contributed by atoms with van der Waals surface area (Å²) in [6, 6.07) is 13.2. The van der Waals surface area contributed by atoms with Crippen LogP contribution in [-0.2, 0) is 17.6 Å². The second kappa shape index (κ2) is 9.28. The Bertz CT molecular complexity index is 1270. The van der Waals surface area contributed by atoms with E-state index in [1.807, 2.05) is 30.3 Å². The summed E-state index contributed by atoms with van der Waals surface area (Å²) in [5.74, 6) is 0.862. The maximum Gasteiger partial charge on any atom is 0.305 e. The molecule has 0 bridgehead atoms. The molecular weight excluding hydrogens is 418 g/mol. The van der Waals surface area contributed by atoms with E-state index in [1.165, 1.54) is 5.56 Å². The number of carboxylic acid groups (broad SMARTS) is 1. The first-order chi connectivity index (χ1) is 16.2. The van der Waals surface area contributed by atoms with E-state index in [9.17, 15) is 9.90 Å². The molecule has 4 aromatic rings. The van der Waals surface area contributed by atoms with E-state index < -0.39 is 12.0 Å². The molecule has 1 aliphatic rings. The molecule has 0 fully saturated rings. The Balaban J connectivity index is 1.30. The van der Waals surface area contributed by atoms with E-state index in [1.54, 1.807) is 23.3 Å². The standard InChI is InChI=1S/C25H25N5O3/c31-24(32)15-23(17-7-11-26-12-8-17)30-22-6-5-21(14-19(22)16-28-30)33-13-9-20-4-3-18-2-1-10-27-25(18)29-20/h3-8,11-12,14,16,23H,1-2,9-10,13,15H2,(H,27,29)(H,31,32). The van der Waals surface area contributed by atoms with Crippen LogP contribution in [0.25, 0.3) is 10.9 Å². The molecule has 5 rings (SSSR count). The number of hydrogen-bond donors (Lipinski definition) is 2. The van der Waals surface area contributed by atoms with Gasteiger partial charge in [0, 0.05) is 36.4 Å². The Morgan fingerprint density at radius 3 is 2.91 bits per heavy atom. The minimum atomic E-state index is -0.883. The number of nitrogens with one attached hydrogen (secondary N) is 1. The lowest BCUT2D eigenvalue weighted by Gasteiger charge is -2.17. The van der Waals surface area contributed by atoms with Crippen molar-refractivity contribution in [3.05, 3.63) is 77.9 Å². The lowest BCUT2D eigenvalue weighted by molar-refractivity contribution is -0.137. The fraction of sp³-hybridized carbons (Fsp3) is 0.280. The van der Waals surface area contributed by atoms with Gasteiger partial charge in [-0.2, -0.15) is 5.10 Å². The topological polar surface area (TPSA) is 102 Å². The lowest BCUT2D eigenvalue weighted by Crippen LogP contribution is -2.16. The minimum absolute atomic E-state index is 0.0678. The van der Waals surface area contributed by atoms with Gasteiger partial charge in [0.1, 0.15) is 11.6 Å². The van der Waals surface area contributed by atoms with Gasteiger partial charge in [0.05, 0.1) is 30.8 Å². The van der Waals surface area contributed by atoms with Gasteiger partial charge in [-0.05, 0) is 60.4 Å². The van der Waals surface area contributed by atoms with Crippen molar-refractivity contribution < 1.29 is 14.6 Å². The summed E-state index contributed by atoms with van der Waals surface area (Å²) in [4.78, 5) is 20.2. The molecule has 0 radical (unpaired) electrons. The van der Waals surface area contributed by atoms with Crippen molar-refractivity contribution in [2.24, 2.45) is 0 Å². The number of aromatic nitrogens is 4. The highest BCUT2D eigenvalue weighted by molar-refractivity contribution is 5.81. The van der Waals surface area contributed by atoms with Gasteiger partial charge in [0.25, 0.3) is 0 Å². The van der Waals surface area contributed by atoms with Crippen LogP contribution < -0.4 is 10.1 Å². The Morgan fingerprint density at radius 1 is 1.18 bits per heavy atom. The van der Waals surface area contributed by atoms with E-state index in [0.717, 1.165) is 59.5 Å². The van der Waals surface area contributed by atoms with Crippen LogP contribution in [0.1, 0.15) is 35.7 Å². The predicted molar refractivity (Wildman–Crippen MR) is 125 cm³/mol. The average molecular weight is 444 g/mol. The van der Waals surface area contributed by atoms with Crippen molar-refractivity contribution in [1.82, 2.24) is 19.7 Å². The van der Waals surface area contributed by atoms with Crippen LogP contribution in [0.2, 0.25) is 0 Å². The van der Waals surface area contributed by atoms with Gasteiger partial charge in [0.15, 0.2) is 0 Å². The molecule has 0 saturated carbocycles. The molecular formula is C25H25N5O3. The number of nitrogens with zero attached hydrogens (tertiary/aromatic N) is 4. The van der Waals surface area contributed by atoms with Gasteiger partial charge < -0.3 is 15.2 Å². The van der Waals surface area contributed by atoms with Gasteiger partial charge in [0.2, 0.25) is 0 Å².